The van der Waals surface area contributed by atoms with E-state index in [9.17, 15) is 9.18 Å². The molecule has 0 radical (unpaired) electrons. The van der Waals surface area contributed by atoms with E-state index in [0.717, 1.165) is 31.2 Å². The molecule has 1 fully saturated rings. The monoisotopic (exact) mass is 359 g/mol. The van der Waals surface area contributed by atoms with Crippen molar-refractivity contribution < 1.29 is 13.7 Å². The van der Waals surface area contributed by atoms with Crippen molar-refractivity contribution in [3.8, 4) is 0 Å². The van der Waals surface area contributed by atoms with E-state index in [1.807, 2.05) is 11.5 Å². The molecule has 0 saturated carbocycles. The fourth-order valence-corrected chi connectivity index (χ4v) is 4.88. The van der Waals surface area contributed by atoms with Crippen LogP contribution < -0.4 is 0 Å². The maximum Gasteiger partial charge on any atom is 0.244 e. The van der Waals surface area contributed by atoms with Crippen LogP contribution in [0.4, 0.5) is 4.39 Å². The van der Waals surface area contributed by atoms with E-state index < -0.39 is 5.54 Å². The number of likely N-dealkylation sites (tertiary alicyclic amines) is 1. The summed E-state index contributed by atoms with van der Waals surface area (Å²) in [5, 5.41) is 5.74. The predicted octanol–water partition coefficient (Wildman–Crippen LogP) is 3.33. The zero-order chi connectivity index (χ0) is 17.3. The number of aromatic nitrogens is 2. The number of carbonyl (C=O) groups excluding carboxylic acids is 1. The number of halogens is 1. The first-order chi connectivity index (χ1) is 12.2. The number of rotatable bonds is 4. The summed E-state index contributed by atoms with van der Waals surface area (Å²) in [5.74, 6) is 0.980. The van der Waals surface area contributed by atoms with Crippen molar-refractivity contribution in [2.75, 3.05) is 12.3 Å². The minimum absolute atomic E-state index is 0.0608. The molecule has 7 heteroatoms. The van der Waals surface area contributed by atoms with Gasteiger partial charge in [0, 0.05) is 18.2 Å². The normalized spacial score (nSPS) is 29.8. The summed E-state index contributed by atoms with van der Waals surface area (Å²) in [6.07, 6.45) is 6.22. The van der Waals surface area contributed by atoms with Crippen LogP contribution in [-0.4, -0.2) is 39.2 Å². The van der Waals surface area contributed by atoms with Gasteiger partial charge in [0.1, 0.15) is 17.6 Å². The molecule has 3 atom stereocenters. The second-order valence-electron chi connectivity index (χ2n) is 6.44. The number of benzene rings is 1. The molecule has 5 nitrogen and oxygen atoms in total. The van der Waals surface area contributed by atoms with Crippen molar-refractivity contribution in [1.82, 2.24) is 15.0 Å². The number of hydrogen-bond acceptors (Lipinski definition) is 6. The highest BCUT2D eigenvalue weighted by Gasteiger charge is 2.47. The first-order valence-electron chi connectivity index (χ1n) is 8.28. The summed E-state index contributed by atoms with van der Waals surface area (Å²) in [7, 11) is 0. The van der Waals surface area contributed by atoms with E-state index in [-0.39, 0.29) is 17.8 Å². The van der Waals surface area contributed by atoms with Gasteiger partial charge in [0.05, 0.1) is 6.04 Å². The molecule has 0 N–H and O–H groups in total. The van der Waals surface area contributed by atoms with Crippen molar-refractivity contribution in [3.05, 3.63) is 59.3 Å². The molecule has 4 rings (SSSR count). The molecular weight excluding hydrogens is 341 g/mol. The highest BCUT2D eigenvalue weighted by molar-refractivity contribution is 8.02. The lowest BCUT2D eigenvalue weighted by Gasteiger charge is -2.46. The van der Waals surface area contributed by atoms with Crippen LogP contribution >= 0.6 is 11.8 Å². The van der Waals surface area contributed by atoms with E-state index in [1.165, 1.54) is 18.5 Å². The highest BCUT2D eigenvalue weighted by atomic mass is 32.2. The van der Waals surface area contributed by atoms with Crippen LogP contribution in [0.1, 0.15) is 36.3 Å². The largest absolute Gasteiger partial charge is 0.338 e. The number of thioether (sulfide) groups is 1. The molecule has 0 amide bonds. The second-order valence-corrected chi connectivity index (χ2v) is 7.34. The van der Waals surface area contributed by atoms with Gasteiger partial charge in [-0.1, -0.05) is 17.3 Å². The van der Waals surface area contributed by atoms with E-state index >= 15 is 0 Å². The molecule has 2 aliphatic heterocycles. The maximum absolute atomic E-state index is 13.4. The third-order valence-electron chi connectivity index (χ3n) is 5.07. The average molecular weight is 359 g/mol. The summed E-state index contributed by atoms with van der Waals surface area (Å²) >= 11 is 1.63. The molecule has 0 spiro atoms. The lowest BCUT2D eigenvalue weighted by molar-refractivity contribution is -0.118. The molecule has 0 aliphatic carbocycles. The van der Waals surface area contributed by atoms with E-state index in [1.54, 1.807) is 23.9 Å². The van der Waals surface area contributed by atoms with Gasteiger partial charge in [-0.2, -0.15) is 4.98 Å². The Morgan fingerprint density at radius 3 is 2.84 bits per heavy atom. The third kappa shape index (κ3) is 2.91. The molecule has 1 aromatic carbocycles. The van der Waals surface area contributed by atoms with Crippen LogP contribution in [0.3, 0.4) is 0 Å². The first kappa shape index (κ1) is 16.5. The summed E-state index contributed by atoms with van der Waals surface area (Å²) in [6, 6.07) is 6.34. The van der Waals surface area contributed by atoms with Crippen molar-refractivity contribution in [1.29, 1.82) is 0 Å². The summed E-state index contributed by atoms with van der Waals surface area (Å²) in [4.78, 5) is 18.5. The zero-order valence-corrected chi connectivity index (χ0v) is 14.4. The fraction of sp³-hybridized carbons (Fsp3) is 0.389. The topological polar surface area (TPSA) is 59.2 Å². The smallest absolute Gasteiger partial charge is 0.244 e. The predicted molar refractivity (Wildman–Crippen MR) is 92.5 cm³/mol. The average Bonchev–Trinajstić information content (AvgIpc) is 3.34. The van der Waals surface area contributed by atoms with Gasteiger partial charge in [0.2, 0.25) is 5.89 Å². The van der Waals surface area contributed by atoms with Gasteiger partial charge in [-0.15, -0.1) is 11.8 Å². The molecule has 3 heterocycles. The Labute approximate surface area is 149 Å². The Morgan fingerprint density at radius 2 is 2.20 bits per heavy atom. The quantitative estimate of drug-likeness (QED) is 0.781. The molecule has 25 heavy (non-hydrogen) atoms. The number of aldehydes is 1. The standard InChI is InChI=1S/C18H18FN3O2S/c19-14-5-3-13(4-6-14)15-2-1-8-22(16(15)17-20-12-21-24-17)18(10-23)7-9-25-11-18/h3-7,9-10,12,15-16H,1-2,8,11H2/t15?,16?,18-/m0/s1. The third-order valence-corrected chi connectivity index (χ3v) is 6.02. The van der Waals surface area contributed by atoms with Crippen LogP contribution in [-0.2, 0) is 4.79 Å². The Morgan fingerprint density at radius 1 is 1.36 bits per heavy atom. The molecular formula is C18H18FN3O2S. The maximum atomic E-state index is 13.4. The van der Waals surface area contributed by atoms with Gasteiger partial charge >= 0.3 is 0 Å². The van der Waals surface area contributed by atoms with Crippen LogP contribution in [0.25, 0.3) is 0 Å². The highest BCUT2D eigenvalue weighted by Crippen LogP contribution is 2.46. The summed E-state index contributed by atoms with van der Waals surface area (Å²) in [6.45, 7) is 0.772. The van der Waals surface area contributed by atoms with Gasteiger partial charge in [0.15, 0.2) is 6.33 Å². The minimum atomic E-state index is -0.664. The first-order valence-corrected chi connectivity index (χ1v) is 9.33. The second kappa shape index (κ2) is 6.72. The van der Waals surface area contributed by atoms with Gasteiger partial charge in [0.25, 0.3) is 0 Å². The molecule has 2 unspecified atom stereocenters. The number of piperidine rings is 1. The number of carbonyl (C=O) groups is 1. The minimum Gasteiger partial charge on any atom is -0.338 e. The van der Waals surface area contributed by atoms with Gasteiger partial charge in [-0.25, -0.2) is 4.39 Å². The van der Waals surface area contributed by atoms with Crippen LogP contribution in [0.15, 0.2) is 46.6 Å². The van der Waals surface area contributed by atoms with Crippen molar-refractivity contribution >= 4 is 18.0 Å². The Balaban J connectivity index is 1.77. The van der Waals surface area contributed by atoms with Gasteiger partial charge in [-0.05, 0) is 42.0 Å². The number of hydrogen-bond donors (Lipinski definition) is 0. The van der Waals surface area contributed by atoms with Crippen LogP contribution in [0.5, 0.6) is 0 Å². The van der Waals surface area contributed by atoms with Crippen molar-refractivity contribution in [3.63, 3.8) is 0 Å². The molecule has 2 aliphatic rings. The van der Waals surface area contributed by atoms with Crippen molar-refractivity contribution in [2.24, 2.45) is 0 Å². The lowest BCUT2D eigenvalue weighted by Crippen LogP contribution is -2.54. The fourth-order valence-electron chi connectivity index (χ4n) is 3.85. The van der Waals surface area contributed by atoms with Crippen LogP contribution in [0.2, 0.25) is 0 Å². The van der Waals surface area contributed by atoms with Crippen molar-refractivity contribution in [2.45, 2.75) is 30.3 Å². The molecule has 130 valence electrons. The van der Waals surface area contributed by atoms with Crippen LogP contribution in [0, 0.1) is 5.82 Å². The van der Waals surface area contributed by atoms with E-state index in [0.29, 0.717) is 11.6 Å². The summed E-state index contributed by atoms with van der Waals surface area (Å²) in [5.41, 5.74) is 0.354. The van der Waals surface area contributed by atoms with E-state index in [2.05, 4.69) is 15.0 Å². The molecule has 1 saturated heterocycles. The lowest BCUT2D eigenvalue weighted by atomic mass is 9.80. The molecule has 0 bridgehead atoms. The zero-order valence-electron chi connectivity index (χ0n) is 13.5. The number of nitrogens with zero attached hydrogens (tertiary/aromatic N) is 3. The van der Waals surface area contributed by atoms with Gasteiger partial charge in [-0.3, -0.25) is 4.90 Å². The Kier molecular flexibility index (Phi) is 4.43. The molecule has 2 aromatic rings. The Hall–Kier alpha value is -1.99. The van der Waals surface area contributed by atoms with Gasteiger partial charge < -0.3 is 9.32 Å². The summed E-state index contributed by atoms with van der Waals surface area (Å²) < 4.78 is 18.8. The Bertz CT molecular complexity index is 765. The molecule has 1 aromatic heterocycles. The SMILES string of the molecule is O=C[C@@]1(N2CCCC(c3ccc(F)cc3)C2c2ncno2)C=CSC1. The van der Waals surface area contributed by atoms with E-state index in [4.69, 9.17) is 4.52 Å².